The third-order valence-corrected chi connectivity index (χ3v) is 7.95. The van der Waals surface area contributed by atoms with Gasteiger partial charge >= 0.3 is 0 Å². The van der Waals surface area contributed by atoms with Crippen LogP contribution >= 0.6 is 11.6 Å². The molecule has 184 valence electrons. The van der Waals surface area contributed by atoms with E-state index in [4.69, 9.17) is 11.6 Å². The fourth-order valence-corrected chi connectivity index (χ4v) is 5.83. The number of aromatic nitrogens is 2. The van der Waals surface area contributed by atoms with Crippen molar-refractivity contribution < 1.29 is 26.0 Å². The van der Waals surface area contributed by atoms with Crippen LogP contribution in [0.1, 0.15) is 39.7 Å². The highest BCUT2D eigenvalue weighted by Gasteiger charge is 2.50. The number of rotatable bonds is 4. The summed E-state index contributed by atoms with van der Waals surface area (Å²) in [5, 5.41) is 4.67. The molecule has 1 fully saturated rings. The second kappa shape index (κ2) is 7.84. The Labute approximate surface area is 200 Å². The Hall–Kier alpha value is -2.33. The largest absolute Gasteiger partial charge is 0.345 e. The van der Waals surface area contributed by atoms with Crippen molar-refractivity contribution in [2.24, 2.45) is 5.41 Å². The van der Waals surface area contributed by atoms with Crippen LogP contribution in [0.15, 0.2) is 47.4 Å². The molecule has 11 heteroatoms. The van der Waals surface area contributed by atoms with Gasteiger partial charge in [-0.3, -0.25) is 0 Å². The highest BCUT2D eigenvalue weighted by atomic mass is 35.5. The second-order valence-corrected chi connectivity index (χ2v) is 12.0. The first-order valence-electron chi connectivity index (χ1n) is 10.6. The van der Waals surface area contributed by atoms with Gasteiger partial charge in [-0.05, 0) is 29.7 Å². The molecule has 0 amide bonds. The third-order valence-electron chi connectivity index (χ3n) is 6.04. The van der Waals surface area contributed by atoms with Gasteiger partial charge < -0.3 is 4.90 Å². The van der Waals surface area contributed by atoms with Crippen LogP contribution < -0.4 is 4.90 Å². The summed E-state index contributed by atoms with van der Waals surface area (Å²) in [6.07, 6.45) is -0.408. The first-order valence-corrected chi connectivity index (χ1v) is 12.4. The predicted octanol–water partition coefficient (Wildman–Crippen LogP) is 6.30. The van der Waals surface area contributed by atoms with Gasteiger partial charge in [-0.2, -0.15) is 12.5 Å². The zero-order valence-corrected chi connectivity index (χ0v) is 20.6. The molecule has 0 saturated carbocycles. The van der Waals surface area contributed by atoms with E-state index in [0.717, 1.165) is 28.4 Å². The standard InChI is InChI=1S/C23H24ClF4N3O2S/c1-21(2,3)18-12-23(27,28)13-30(18)20-19-16(24)6-5-7-17(19)31(29-20)34(32,33)15-10-8-14(9-11-15)22(4,25)26/h5-11,18H,12-13H2,1-4H3. The fraction of sp³-hybridized carbons (Fsp3) is 0.435. The number of alkyl halides is 4. The summed E-state index contributed by atoms with van der Waals surface area (Å²) in [4.78, 5) is 1.15. The average molecular weight is 518 g/mol. The minimum Gasteiger partial charge on any atom is -0.345 e. The summed E-state index contributed by atoms with van der Waals surface area (Å²) in [6, 6.07) is 8.12. The molecule has 0 aliphatic carbocycles. The monoisotopic (exact) mass is 517 g/mol. The Kier molecular flexibility index (Phi) is 5.72. The lowest BCUT2D eigenvalue weighted by molar-refractivity contribution is 0.0169. The van der Waals surface area contributed by atoms with Crippen molar-refractivity contribution in [2.45, 2.75) is 56.9 Å². The minimum atomic E-state index is -4.35. The van der Waals surface area contributed by atoms with Gasteiger partial charge in [0, 0.05) is 24.9 Å². The molecule has 2 aromatic carbocycles. The maximum Gasteiger partial charge on any atom is 0.283 e. The van der Waals surface area contributed by atoms with Gasteiger partial charge in [0.1, 0.15) is 0 Å². The maximum absolute atomic E-state index is 14.5. The molecule has 1 aromatic heterocycles. The van der Waals surface area contributed by atoms with E-state index in [1.807, 2.05) is 20.8 Å². The van der Waals surface area contributed by atoms with Gasteiger partial charge in [0.2, 0.25) is 0 Å². The molecule has 1 aliphatic rings. The molecule has 1 unspecified atom stereocenters. The van der Waals surface area contributed by atoms with E-state index in [-0.39, 0.29) is 32.2 Å². The molecular formula is C23H24ClF4N3O2S. The third kappa shape index (κ3) is 4.26. The van der Waals surface area contributed by atoms with Crippen LogP contribution in [0.2, 0.25) is 5.02 Å². The minimum absolute atomic E-state index is 0.0398. The fourth-order valence-electron chi connectivity index (χ4n) is 4.30. The number of fused-ring (bicyclic) bond motifs is 1. The highest BCUT2D eigenvalue weighted by Crippen LogP contribution is 2.45. The molecule has 0 bridgehead atoms. The highest BCUT2D eigenvalue weighted by molar-refractivity contribution is 7.90. The van der Waals surface area contributed by atoms with Crippen LogP contribution in [0.25, 0.3) is 10.9 Å². The maximum atomic E-state index is 14.5. The molecule has 34 heavy (non-hydrogen) atoms. The molecule has 0 N–H and O–H groups in total. The lowest BCUT2D eigenvalue weighted by atomic mass is 9.85. The van der Waals surface area contributed by atoms with Gasteiger partial charge in [-0.25, -0.2) is 17.6 Å². The quantitative estimate of drug-likeness (QED) is 0.381. The molecule has 5 nitrogen and oxygen atoms in total. The van der Waals surface area contributed by atoms with E-state index in [0.29, 0.717) is 6.92 Å². The van der Waals surface area contributed by atoms with Crippen molar-refractivity contribution in [3.05, 3.63) is 53.1 Å². The van der Waals surface area contributed by atoms with E-state index in [2.05, 4.69) is 5.10 Å². The summed E-state index contributed by atoms with van der Waals surface area (Å²) < 4.78 is 83.8. The number of nitrogens with zero attached hydrogens (tertiary/aromatic N) is 3. The Morgan fingerprint density at radius 3 is 2.24 bits per heavy atom. The average Bonchev–Trinajstić information content (AvgIpc) is 3.26. The summed E-state index contributed by atoms with van der Waals surface area (Å²) in [5.41, 5.74) is -0.791. The van der Waals surface area contributed by atoms with Gasteiger partial charge in [0.15, 0.2) is 5.82 Å². The lowest BCUT2D eigenvalue weighted by Gasteiger charge is -2.34. The van der Waals surface area contributed by atoms with Crippen molar-refractivity contribution in [2.75, 3.05) is 11.4 Å². The normalized spacial score (nSPS) is 19.2. The summed E-state index contributed by atoms with van der Waals surface area (Å²) >= 11 is 6.41. The number of benzene rings is 2. The summed E-state index contributed by atoms with van der Waals surface area (Å²) in [5.74, 6) is -6.09. The SMILES string of the molecule is CC(F)(F)c1ccc(S(=O)(=O)n2nc(N3CC(F)(F)CC3C(C)(C)C)c3c(Cl)cccc32)cc1. The topological polar surface area (TPSA) is 55.2 Å². The Morgan fingerprint density at radius 2 is 1.68 bits per heavy atom. The molecule has 4 rings (SSSR count). The molecule has 0 radical (unpaired) electrons. The lowest BCUT2D eigenvalue weighted by Crippen LogP contribution is -2.40. The molecular weight excluding hydrogens is 494 g/mol. The number of hydrogen-bond donors (Lipinski definition) is 0. The zero-order chi connectivity index (χ0) is 25.3. The number of anilines is 1. The van der Waals surface area contributed by atoms with Crippen LogP contribution in [0.4, 0.5) is 23.4 Å². The first-order chi connectivity index (χ1) is 15.5. The van der Waals surface area contributed by atoms with Crippen molar-refractivity contribution in [1.29, 1.82) is 0 Å². The van der Waals surface area contributed by atoms with Gasteiger partial charge in [-0.15, -0.1) is 5.10 Å². The van der Waals surface area contributed by atoms with Gasteiger partial charge in [0.25, 0.3) is 21.9 Å². The smallest absolute Gasteiger partial charge is 0.283 e. The van der Waals surface area contributed by atoms with E-state index in [1.165, 1.54) is 23.1 Å². The van der Waals surface area contributed by atoms with Crippen LogP contribution in [-0.4, -0.2) is 36.1 Å². The van der Waals surface area contributed by atoms with Crippen molar-refractivity contribution >= 4 is 38.3 Å². The van der Waals surface area contributed by atoms with Crippen molar-refractivity contribution in [1.82, 2.24) is 9.19 Å². The van der Waals surface area contributed by atoms with Crippen LogP contribution in [-0.2, 0) is 15.9 Å². The molecule has 1 atom stereocenters. The molecule has 3 aromatic rings. The van der Waals surface area contributed by atoms with Crippen LogP contribution in [0.3, 0.4) is 0 Å². The number of hydrogen-bond acceptors (Lipinski definition) is 4. The van der Waals surface area contributed by atoms with E-state index in [1.54, 1.807) is 0 Å². The predicted molar refractivity (Wildman–Crippen MR) is 123 cm³/mol. The van der Waals surface area contributed by atoms with E-state index in [9.17, 15) is 26.0 Å². The summed E-state index contributed by atoms with van der Waals surface area (Å²) in [7, 11) is -4.35. The molecule has 2 heterocycles. The van der Waals surface area contributed by atoms with Gasteiger partial charge in [0.05, 0.1) is 27.4 Å². The Balaban J connectivity index is 1.91. The first kappa shape index (κ1) is 24.8. The Morgan fingerprint density at radius 1 is 1.06 bits per heavy atom. The molecule has 1 saturated heterocycles. The van der Waals surface area contributed by atoms with Gasteiger partial charge in [-0.1, -0.05) is 50.6 Å². The van der Waals surface area contributed by atoms with E-state index >= 15 is 0 Å². The van der Waals surface area contributed by atoms with Crippen molar-refractivity contribution in [3.8, 4) is 0 Å². The molecule has 0 spiro atoms. The summed E-state index contributed by atoms with van der Waals surface area (Å²) in [6.45, 7) is 5.56. The van der Waals surface area contributed by atoms with Crippen LogP contribution in [0, 0.1) is 5.41 Å². The Bertz CT molecular complexity index is 1340. The zero-order valence-electron chi connectivity index (χ0n) is 19.0. The molecule has 1 aliphatic heterocycles. The van der Waals surface area contributed by atoms with E-state index < -0.39 is 46.3 Å². The van der Waals surface area contributed by atoms with Crippen LogP contribution in [0.5, 0.6) is 0 Å². The van der Waals surface area contributed by atoms with Crippen molar-refractivity contribution in [3.63, 3.8) is 0 Å². The second-order valence-electron chi connectivity index (χ2n) is 9.79. The number of halogens is 5.